The van der Waals surface area contributed by atoms with Crippen molar-refractivity contribution in [3.8, 4) is 10.6 Å². The van der Waals surface area contributed by atoms with Gasteiger partial charge in [-0.25, -0.2) is 9.83 Å². The van der Waals surface area contributed by atoms with Crippen LogP contribution in [-0.2, 0) is 18.9 Å². The number of aromatic nitrogens is 2. The molecular weight excluding hydrogens is 452 g/mol. The van der Waals surface area contributed by atoms with Gasteiger partial charge in [-0.1, -0.05) is 18.2 Å². The van der Waals surface area contributed by atoms with E-state index in [0.29, 0.717) is 27.5 Å². The maximum absolute atomic E-state index is 13.6. The van der Waals surface area contributed by atoms with E-state index in [0.717, 1.165) is 18.2 Å². The fraction of sp³-hybridized carbons (Fsp3) is 0.182. The molecule has 0 aliphatic rings. The number of aryl methyl sites for hydroxylation is 1. The number of rotatable bonds is 3. The predicted octanol–water partition coefficient (Wildman–Crippen LogP) is 7.71. The lowest BCUT2D eigenvalue weighted by molar-refractivity contribution is -0.137. The van der Waals surface area contributed by atoms with Crippen LogP contribution in [-0.4, -0.2) is 9.55 Å². The molecule has 0 amide bonds. The quantitative estimate of drug-likeness (QED) is 0.224. The summed E-state index contributed by atoms with van der Waals surface area (Å²) in [6.45, 7) is 8.91. The highest BCUT2D eigenvalue weighted by atomic mass is 32.1. The van der Waals surface area contributed by atoms with Gasteiger partial charge in [-0.2, -0.15) is 26.3 Å². The monoisotopic (exact) mass is 465 g/mol. The minimum absolute atomic E-state index is 0.0540. The molecular formula is C22H13F6N3S. The minimum atomic E-state index is -4.67. The smallest absolute Gasteiger partial charge is 0.339 e. The normalized spacial score (nSPS) is 12.3. The first-order valence-corrected chi connectivity index (χ1v) is 10.1. The molecule has 0 radical (unpaired) electrons. The summed E-state index contributed by atoms with van der Waals surface area (Å²) in [5.41, 5.74) is -0.205. The molecule has 2 heterocycles. The Labute approximate surface area is 182 Å². The molecule has 0 aliphatic heterocycles. The third-order valence-corrected chi connectivity index (χ3v) is 5.95. The summed E-state index contributed by atoms with van der Waals surface area (Å²) in [5, 5.41) is 2.17. The molecule has 2 aromatic carbocycles. The third kappa shape index (κ3) is 3.96. The molecule has 4 rings (SSSR count). The van der Waals surface area contributed by atoms with Crippen LogP contribution >= 0.6 is 11.3 Å². The van der Waals surface area contributed by atoms with Crippen LogP contribution in [0.4, 0.5) is 32.0 Å². The van der Waals surface area contributed by atoms with E-state index in [-0.39, 0.29) is 11.9 Å². The summed E-state index contributed by atoms with van der Waals surface area (Å²) >= 11 is 1.24. The zero-order valence-electron chi connectivity index (χ0n) is 16.3. The van der Waals surface area contributed by atoms with Crippen LogP contribution in [0.2, 0.25) is 0 Å². The number of hydrogen-bond acceptors (Lipinski definition) is 2. The van der Waals surface area contributed by atoms with Crippen molar-refractivity contribution in [2.24, 2.45) is 0 Å². The van der Waals surface area contributed by atoms with Crippen molar-refractivity contribution in [3.05, 3.63) is 81.8 Å². The van der Waals surface area contributed by atoms with Gasteiger partial charge in [-0.05, 0) is 31.2 Å². The second-order valence-corrected chi connectivity index (χ2v) is 7.95. The highest BCUT2D eigenvalue weighted by Crippen LogP contribution is 2.42. The number of halogens is 6. The first-order valence-electron chi connectivity index (χ1n) is 9.18. The molecule has 0 bridgehead atoms. The van der Waals surface area contributed by atoms with Crippen molar-refractivity contribution >= 4 is 27.9 Å². The lowest BCUT2D eigenvalue weighted by Gasteiger charge is -2.12. The predicted molar refractivity (Wildman–Crippen MR) is 110 cm³/mol. The topological polar surface area (TPSA) is 22.2 Å². The van der Waals surface area contributed by atoms with E-state index in [1.54, 1.807) is 16.9 Å². The Morgan fingerprint density at radius 1 is 1.00 bits per heavy atom. The molecule has 10 heteroatoms. The molecule has 0 N–H and O–H groups in total. The minimum Gasteiger partial charge on any atom is -0.339 e. The van der Waals surface area contributed by atoms with E-state index in [9.17, 15) is 26.3 Å². The Morgan fingerprint density at radius 2 is 1.69 bits per heavy atom. The van der Waals surface area contributed by atoms with Gasteiger partial charge in [0.2, 0.25) is 0 Å². The molecule has 0 spiro atoms. The first-order chi connectivity index (χ1) is 15.0. The van der Waals surface area contributed by atoms with Crippen LogP contribution in [0.5, 0.6) is 0 Å². The molecule has 0 fully saturated rings. The lowest BCUT2D eigenvalue weighted by Crippen LogP contribution is -2.06. The Morgan fingerprint density at radius 3 is 2.28 bits per heavy atom. The average Bonchev–Trinajstić information content (AvgIpc) is 3.31. The molecule has 0 saturated carbocycles. The summed E-state index contributed by atoms with van der Waals surface area (Å²) in [6, 6.07) is 8.67. The van der Waals surface area contributed by atoms with Crippen LogP contribution in [0.25, 0.3) is 26.3 Å². The summed E-state index contributed by atoms with van der Waals surface area (Å²) in [4.78, 5) is 7.45. The number of fused-ring (bicyclic) bond motifs is 1. The van der Waals surface area contributed by atoms with E-state index < -0.39 is 29.2 Å². The Hall–Kier alpha value is -3.32. The Balaban J connectivity index is 1.69. The molecule has 0 atom stereocenters. The molecule has 3 nitrogen and oxygen atoms in total. The zero-order valence-corrected chi connectivity index (χ0v) is 17.2. The number of hydrogen-bond donors (Lipinski definition) is 0. The third-order valence-electron chi connectivity index (χ3n) is 5.01. The van der Waals surface area contributed by atoms with Crippen LogP contribution < -0.4 is 0 Å². The van der Waals surface area contributed by atoms with Crippen molar-refractivity contribution < 1.29 is 26.3 Å². The lowest BCUT2D eigenvalue weighted by atomic mass is 10.1. The fourth-order valence-electron chi connectivity index (χ4n) is 3.53. The van der Waals surface area contributed by atoms with E-state index in [1.807, 2.05) is 0 Å². The van der Waals surface area contributed by atoms with Gasteiger partial charge >= 0.3 is 12.4 Å². The van der Waals surface area contributed by atoms with Gasteiger partial charge in [0.25, 0.3) is 0 Å². The van der Waals surface area contributed by atoms with Crippen molar-refractivity contribution in [1.82, 2.24) is 9.55 Å². The van der Waals surface area contributed by atoms with Gasteiger partial charge in [-0.15, -0.1) is 11.3 Å². The van der Waals surface area contributed by atoms with Crippen LogP contribution in [0.15, 0.2) is 47.8 Å². The maximum Gasteiger partial charge on any atom is 0.416 e. The van der Waals surface area contributed by atoms with E-state index in [1.165, 1.54) is 35.6 Å². The zero-order chi connectivity index (χ0) is 23.3. The Kier molecular flexibility index (Phi) is 5.25. The largest absolute Gasteiger partial charge is 0.416 e. The molecule has 0 saturated heterocycles. The number of thiazole rings is 1. The van der Waals surface area contributed by atoms with Crippen LogP contribution in [0.1, 0.15) is 22.5 Å². The second-order valence-electron chi connectivity index (χ2n) is 7.09. The van der Waals surface area contributed by atoms with Gasteiger partial charge in [-0.3, -0.25) is 0 Å². The SMILES string of the molecule is [C-]#[N+]c1ccc2c(cc(C)n2Cc2csc(-c3ccc(C(F)(F)F)cc3)n2)c1C(F)(F)F. The highest BCUT2D eigenvalue weighted by molar-refractivity contribution is 7.13. The van der Waals surface area contributed by atoms with E-state index in [4.69, 9.17) is 6.57 Å². The van der Waals surface area contributed by atoms with Crippen molar-refractivity contribution in [3.63, 3.8) is 0 Å². The van der Waals surface area contributed by atoms with Crippen molar-refractivity contribution in [1.29, 1.82) is 0 Å². The van der Waals surface area contributed by atoms with Crippen molar-refractivity contribution in [2.75, 3.05) is 0 Å². The second kappa shape index (κ2) is 7.67. The van der Waals surface area contributed by atoms with Gasteiger partial charge in [0.15, 0.2) is 5.69 Å². The summed E-state index contributed by atoms with van der Waals surface area (Å²) in [5.74, 6) is 0. The number of nitrogens with zero attached hydrogens (tertiary/aromatic N) is 3. The van der Waals surface area contributed by atoms with Crippen LogP contribution in [0.3, 0.4) is 0 Å². The fourth-order valence-corrected chi connectivity index (χ4v) is 4.35. The van der Waals surface area contributed by atoms with E-state index in [2.05, 4.69) is 9.83 Å². The van der Waals surface area contributed by atoms with Gasteiger partial charge in [0.1, 0.15) is 5.01 Å². The highest BCUT2D eigenvalue weighted by Gasteiger charge is 2.36. The van der Waals surface area contributed by atoms with Crippen LogP contribution in [0, 0.1) is 13.5 Å². The number of alkyl halides is 6. The standard InChI is InChI=1S/C22H13F6N3S/c1-12-9-16-18(8-7-17(29-2)19(16)22(26,27)28)31(12)10-15-11-32-20(30-15)13-3-5-14(6-4-13)21(23,24)25/h3-9,11H,10H2,1H3. The van der Waals surface area contributed by atoms with Gasteiger partial charge in [0.05, 0.1) is 29.9 Å². The summed E-state index contributed by atoms with van der Waals surface area (Å²) in [7, 11) is 0. The number of benzene rings is 2. The molecule has 2 aromatic heterocycles. The van der Waals surface area contributed by atoms with E-state index >= 15 is 0 Å². The van der Waals surface area contributed by atoms with Crippen molar-refractivity contribution in [2.45, 2.75) is 25.8 Å². The molecule has 0 aliphatic carbocycles. The summed E-state index contributed by atoms with van der Waals surface area (Å²) in [6.07, 6.45) is -9.10. The molecule has 32 heavy (non-hydrogen) atoms. The molecule has 0 unspecified atom stereocenters. The first kappa shape index (κ1) is 21.9. The molecule has 4 aromatic rings. The van der Waals surface area contributed by atoms with Gasteiger partial charge < -0.3 is 4.57 Å². The average molecular weight is 465 g/mol. The van der Waals surface area contributed by atoms with Gasteiger partial charge in [0, 0.05) is 27.5 Å². The maximum atomic E-state index is 13.6. The summed E-state index contributed by atoms with van der Waals surface area (Å²) < 4.78 is 80.7. The molecule has 164 valence electrons. The Bertz CT molecular complexity index is 1340.